The number of rotatable bonds is 3. The average Bonchev–Trinajstić information content (AvgIpc) is 2.70. The van der Waals surface area contributed by atoms with E-state index < -0.39 is 0 Å². The van der Waals surface area contributed by atoms with E-state index in [1.165, 1.54) is 0 Å². The van der Waals surface area contributed by atoms with Crippen molar-refractivity contribution in [1.29, 1.82) is 0 Å². The largest absolute Gasteiger partial charge is 0.465 e. The van der Waals surface area contributed by atoms with Crippen molar-refractivity contribution in [3.8, 4) is 0 Å². The van der Waals surface area contributed by atoms with E-state index in [1.807, 2.05) is 13.0 Å². The molecule has 0 bridgehead atoms. The zero-order chi connectivity index (χ0) is 13.3. The number of hydrogen-bond donors (Lipinski definition) is 1. The maximum Gasteiger partial charge on any atom is 0.122 e. The molecular formula is C14H25N3O. The smallest absolute Gasteiger partial charge is 0.122 e. The molecule has 102 valence electrons. The van der Waals surface area contributed by atoms with Gasteiger partial charge in [-0.3, -0.25) is 4.90 Å². The third kappa shape index (κ3) is 2.76. The summed E-state index contributed by atoms with van der Waals surface area (Å²) in [5.41, 5.74) is 6.17. The number of aryl methyl sites for hydroxylation is 1. The third-order valence-corrected chi connectivity index (χ3v) is 3.94. The second-order valence-electron chi connectivity index (χ2n) is 5.58. The molecular weight excluding hydrogens is 226 g/mol. The van der Waals surface area contributed by atoms with Crippen LogP contribution < -0.4 is 5.73 Å². The third-order valence-electron chi connectivity index (χ3n) is 3.94. The zero-order valence-corrected chi connectivity index (χ0v) is 11.9. The van der Waals surface area contributed by atoms with Crippen LogP contribution in [0.4, 0.5) is 0 Å². The van der Waals surface area contributed by atoms with Crippen molar-refractivity contribution in [2.24, 2.45) is 5.73 Å². The molecule has 0 spiro atoms. The predicted molar refractivity (Wildman–Crippen MR) is 73.5 cm³/mol. The Balaban J connectivity index is 2.16. The van der Waals surface area contributed by atoms with Crippen LogP contribution in [-0.4, -0.2) is 48.6 Å². The molecule has 1 aliphatic heterocycles. The molecule has 2 rings (SSSR count). The van der Waals surface area contributed by atoms with Crippen LogP contribution in [0.5, 0.6) is 0 Å². The Hall–Kier alpha value is -0.840. The van der Waals surface area contributed by atoms with Gasteiger partial charge in [-0.15, -0.1) is 0 Å². The summed E-state index contributed by atoms with van der Waals surface area (Å²) in [4.78, 5) is 4.84. The molecule has 0 aromatic carbocycles. The van der Waals surface area contributed by atoms with E-state index in [0.717, 1.165) is 31.2 Å². The van der Waals surface area contributed by atoms with Gasteiger partial charge in [0.15, 0.2) is 0 Å². The fraction of sp³-hybridized carbons (Fsp3) is 0.714. The molecule has 1 aromatic rings. The minimum absolute atomic E-state index is 0.0751. The highest BCUT2D eigenvalue weighted by Gasteiger charge is 2.31. The van der Waals surface area contributed by atoms with Crippen LogP contribution in [0.25, 0.3) is 0 Å². The predicted octanol–water partition coefficient (Wildman–Crippen LogP) is 1.61. The topological polar surface area (TPSA) is 45.6 Å². The number of nitrogens with two attached hydrogens (primary N) is 1. The van der Waals surface area contributed by atoms with Gasteiger partial charge < -0.3 is 15.1 Å². The van der Waals surface area contributed by atoms with Gasteiger partial charge in [0, 0.05) is 31.7 Å². The standard InChI is InChI=1S/C14H25N3O/c1-10-9-17(8-7-16(10)4)14(12(3)15)13-6-5-11(2)18-13/h5-6,10,12,14H,7-9,15H2,1-4H3. The number of nitrogens with zero attached hydrogens (tertiary/aromatic N) is 2. The van der Waals surface area contributed by atoms with Crippen LogP contribution >= 0.6 is 0 Å². The first-order chi connectivity index (χ1) is 8.49. The summed E-state index contributed by atoms with van der Waals surface area (Å²) >= 11 is 0. The van der Waals surface area contributed by atoms with Gasteiger partial charge in [0.1, 0.15) is 11.5 Å². The molecule has 3 unspecified atom stereocenters. The van der Waals surface area contributed by atoms with Gasteiger partial charge in [-0.25, -0.2) is 0 Å². The highest BCUT2D eigenvalue weighted by Crippen LogP contribution is 2.27. The molecule has 18 heavy (non-hydrogen) atoms. The Morgan fingerprint density at radius 3 is 2.61 bits per heavy atom. The molecule has 1 saturated heterocycles. The summed E-state index contributed by atoms with van der Waals surface area (Å²) < 4.78 is 5.79. The first kappa shape index (κ1) is 13.6. The van der Waals surface area contributed by atoms with Crippen molar-refractivity contribution in [2.45, 2.75) is 38.9 Å². The monoisotopic (exact) mass is 251 g/mol. The van der Waals surface area contributed by atoms with Gasteiger partial charge in [0.2, 0.25) is 0 Å². The van der Waals surface area contributed by atoms with Crippen LogP contribution in [0.3, 0.4) is 0 Å². The van der Waals surface area contributed by atoms with Crippen molar-refractivity contribution in [3.05, 3.63) is 23.7 Å². The Labute approximate surface area is 110 Å². The Bertz CT molecular complexity index is 388. The van der Waals surface area contributed by atoms with E-state index in [-0.39, 0.29) is 12.1 Å². The molecule has 1 fully saturated rings. The Morgan fingerprint density at radius 1 is 1.39 bits per heavy atom. The fourth-order valence-corrected chi connectivity index (χ4v) is 2.71. The lowest BCUT2D eigenvalue weighted by molar-refractivity contribution is 0.0553. The zero-order valence-electron chi connectivity index (χ0n) is 11.9. The van der Waals surface area contributed by atoms with Gasteiger partial charge in [0.25, 0.3) is 0 Å². The summed E-state index contributed by atoms with van der Waals surface area (Å²) in [7, 11) is 2.18. The van der Waals surface area contributed by atoms with Crippen molar-refractivity contribution >= 4 is 0 Å². The lowest BCUT2D eigenvalue weighted by atomic mass is 10.0. The van der Waals surface area contributed by atoms with Gasteiger partial charge in [0.05, 0.1) is 6.04 Å². The van der Waals surface area contributed by atoms with Gasteiger partial charge >= 0.3 is 0 Å². The molecule has 1 aliphatic rings. The van der Waals surface area contributed by atoms with Crippen LogP contribution in [0, 0.1) is 6.92 Å². The molecule has 4 nitrogen and oxygen atoms in total. The van der Waals surface area contributed by atoms with Gasteiger partial charge in [-0.2, -0.15) is 0 Å². The molecule has 3 atom stereocenters. The molecule has 0 aliphatic carbocycles. The SMILES string of the molecule is Cc1ccc(C(C(C)N)N2CCN(C)C(C)C2)o1. The van der Waals surface area contributed by atoms with Crippen LogP contribution in [0.1, 0.15) is 31.4 Å². The minimum atomic E-state index is 0.0751. The van der Waals surface area contributed by atoms with Crippen LogP contribution in [0.15, 0.2) is 16.5 Å². The van der Waals surface area contributed by atoms with Crippen molar-refractivity contribution in [2.75, 3.05) is 26.7 Å². The second-order valence-corrected chi connectivity index (χ2v) is 5.58. The van der Waals surface area contributed by atoms with E-state index in [4.69, 9.17) is 10.2 Å². The summed E-state index contributed by atoms with van der Waals surface area (Å²) in [5, 5.41) is 0. The minimum Gasteiger partial charge on any atom is -0.465 e. The highest BCUT2D eigenvalue weighted by molar-refractivity contribution is 5.12. The highest BCUT2D eigenvalue weighted by atomic mass is 16.3. The molecule has 1 aromatic heterocycles. The molecule has 2 heterocycles. The summed E-state index contributed by atoms with van der Waals surface area (Å²) in [6, 6.07) is 4.91. The lowest BCUT2D eigenvalue weighted by Crippen LogP contribution is -2.53. The van der Waals surface area contributed by atoms with E-state index in [2.05, 4.69) is 36.8 Å². The fourth-order valence-electron chi connectivity index (χ4n) is 2.71. The maximum atomic E-state index is 6.17. The normalized spacial score (nSPS) is 26.2. The van der Waals surface area contributed by atoms with Crippen molar-refractivity contribution in [1.82, 2.24) is 9.80 Å². The summed E-state index contributed by atoms with van der Waals surface area (Å²) in [5.74, 6) is 1.96. The summed E-state index contributed by atoms with van der Waals surface area (Å²) in [6.07, 6.45) is 0. The maximum absolute atomic E-state index is 6.17. The van der Waals surface area contributed by atoms with E-state index >= 15 is 0 Å². The Morgan fingerprint density at radius 2 is 2.11 bits per heavy atom. The molecule has 0 saturated carbocycles. The van der Waals surface area contributed by atoms with Crippen molar-refractivity contribution < 1.29 is 4.42 Å². The van der Waals surface area contributed by atoms with E-state index in [1.54, 1.807) is 0 Å². The van der Waals surface area contributed by atoms with Gasteiger partial charge in [-0.05, 0) is 40.0 Å². The lowest BCUT2D eigenvalue weighted by Gasteiger charge is -2.42. The first-order valence-corrected chi connectivity index (χ1v) is 6.75. The quantitative estimate of drug-likeness (QED) is 0.886. The summed E-state index contributed by atoms with van der Waals surface area (Å²) in [6.45, 7) is 9.48. The second kappa shape index (κ2) is 5.43. The number of furan rings is 1. The van der Waals surface area contributed by atoms with E-state index in [0.29, 0.717) is 6.04 Å². The van der Waals surface area contributed by atoms with E-state index in [9.17, 15) is 0 Å². The van der Waals surface area contributed by atoms with Crippen LogP contribution in [-0.2, 0) is 0 Å². The van der Waals surface area contributed by atoms with Gasteiger partial charge in [-0.1, -0.05) is 0 Å². The first-order valence-electron chi connectivity index (χ1n) is 6.75. The Kier molecular flexibility index (Phi) is 4.10. The molecule has 0 radical (unpaired) electrons. The number of likely N-dealkylation sites (N-methyl/N-ethyl adjacent to an activating group) is 1. The van der Waals surface area contributed by atoms with Crippen molar-refractivity contribution in [3.63, 3.8) is 0 Å². The molecule has 4 heteroatoms. The average molecular weight is 251 g/mol. The molecule has 2 N–H and O–H groups in total. The number of hydrogen-bond acceptors (Lipinski definition) is 4. The molecule has 0 amide bonds. The number of piperazine rings is 1. The van der Waals surface area contributed by atoms with Crippen LogP contribution in [0.2, 0.25) is 0 Å².